The number of unbranched alkanes of at least 4 members (excludes halogenated alkanes) is 1. The molecule has 0 amide bonds. The third-order valence-corrected chi connectivity index (χ3v) is 6.23. The molecule has 0 heterocycles. The van der Waals surface area contributed by atoms with E-state index in [-0.39, 0.29) is 18.0 Å². The Kier molecular flexibility index (Phi) is 9.15. The van der Waals surface area contributed by atoms with Gasteiger partial charge in [0.05, 0.1) is 5.92 Å². The first-order chi connectivity index (χ1) is 12.6. The van der Waals surface area contributed by atoms with Crippen molar-refractivity contribution in [2.24, 2.45) is 17.8 Å². The quantitative estimate of drug-likeness (QED) is 0.379. The minimum absolute atomic E-state index is 0.0101. The van der Waals surface area contributed by atoms with Crippen LogP contribution in [0.25, 0.3) is 0 Å². The van der Waals surface area contributed by atoms with Gasteiger partial charge in [0.1, 0.15) is 12.2 Å². The molecule has 2 rings (SSSR count). The molecular formula is C22H34FNO2. The fraction of sp³-hybridized carbons (Fsp3) is 0.818. The molecule has 0 N–H and O–H groups in total. The molecule has 2 fully saturated rings. The van der Waals surface area contributed by atoms with Crippen LogP contribution in [0.1, 0.15) is 90.4 Å². The molecule has 0 spiro atoms. The van der Waals surface area contributed by atoms with E-state index in [1.165, 1.54) is 44.2 Å². The number of carbonyl (C=O) groups is 1. The van der Waals surface area contributed by atoms with Crippen molar-refractivity contribution in [3.63, 3.8) is 0 Å². The number of hydrogen-bond donors (Lipinski definition) is 0. The first-order valence-corrected chi connectivity index (χ1v) is 10.6. The Morgan fingerprint density at radius 1 is 1.08 bits per heavy atom. The van der Waals surface area contributed by atoms with Gasteiger partial charge in [-0.2, -0.15) is 9.65 Å². The molecule has 3 nitrogen and oxygen atoms in total. The normalized spacial score (nSPS) is 29.8. The number of carbonyl (C=O) groups excluding carboxylic acids is 1. The average Bonchev–Trinajstić information content (AvgIpc) is 2.67. The van der Waals surface area contributed by atoms with Crippen molar-refractivity contribution in [2.45, 2.75) is 96.5 Å². The van der Waals surface area contributed by atoms with Gasteiger partial charge >= 0.3 is 5.97 Å². The number of ether oxygens (including phenoxy) is 1. The van der Waals surface area contributed by atoms with Crippen LogP contribution in [-0.2, 0) is 9.53 Å². The number of nitrogens with zero attached hydrogens (tertiary/aromatic N) is 1. The molecule has 0 aliphatic heterocycles. The molecule has 4 heteroatoms. The van der Waals surface area contributed by atoms with E-state index in [0.29, 0.717) is 12.3 Å². The number of allylic oxidation sites excluding steroid dienone is 2. The molecule has 0 unspecified atom stereocenters. The second kappa shape index (κ2) is 11.4. The average molecular weight is 364 g/mol. The molecule has 0 radical (unpaired) electrons. The number of rotatable bonds is 8. The van der Waals surface area contributed by atoms with Crippen molar-refractivity contribution < 1.29 is 13.9 Å². The summed E-state index contributed by atoms with van der Waals surface area (Å²) < 4.78 is 18.6. The Morgan fingerprint density at radius 2 is 1.69 bits per heavy atom. The molecular weight excluding hydrogens is 329 g/mol. The van der Waals surface area contributed by atoms with Crippen molar-refractivity contribution in [1.29, 1.82) is 5.26 Å². The molecule has 146 valence electrons. The van der Waals surface area contributed by atoms with E-state index in [9.17, 15) is 9.18 Å². The predicted octanol–water partition coefficient (Wildman–Crippen LogP) is 6.24. The van der Waals surface area contributed by atoms with Crippen LogP contribution in [0, 0.1) is 29.1 Å². The van der Waals surface area contributed by atoms with Gasteiger partial charge in [-0.3, -0.25) is 4.79 Å². The number of hydrogen-bond acceptors (Lipinski definition) is 3. The fourth-order valence-electron chi connectivity index (χ4n) is 4.47. The summed E-state index contributed by atoms with van der Waals surface area (Å²) in [5.74, 6) is 0.745. The highest BCUT2D eigenvalue weighted by molar-refractivity contribution is 5.72. The van der Waals surface area contributed by atoms with Gasteiger partial charge in [-0.15, -0.1) is 0 Å². The summed E-state index contributed by atoms with van der Waals surface area (Å²) in [6.07, 6.45) is 15.2. The molecule has 0 saturated heterocycles. The Balaban J connectivity index is 1.62. The number of esters is 1. The van der Waals surface area contributed by atoms with Crippen molar-refractivity contribution >= 4 is 5.97 Å². The Morgan fingerprint density at radius 3 is 2.31 bits per heavy atom. The molecule has 2 saturated carbocycles. The smallest absolute Gasteiger partial charge is 0.309 e. The van der Waals surface area contributed by atoms with Crippen LogP contribution in [0.5, 0.6) is 0 Å². The maximum absolute atomic E-state index is 12.8. The zero-order chi connectivity index (χ0) is 18.8. The minimum Gasteiger partial charge on any atom is -0.462 e. The summed E-state index contributed by atoms with van der Waals surface area (Å²) in [5, 5.41) is 8.41. The van der Waals surface area contributed by atoms with Crippen molar-refractivity contribution in [2.75, 3.05) is 0 Å². The maximum Gasteiger partial charge on any atom is 0.309 e. The second-order valence-corrected chi connectivity index (χ2v) is 8.18. The zero-order valence-corrected chi connectivity index (χ0v) is 16.2. The van der Waals surface area contributed by atoms with Gasteiger partial charge in [0, 0.05) is 0 Å². The number of halogens is 1. The number of nitriles is 1. The van der Waals surface area contributed by atoms with Gasteiger partial charge < -0.3 is 4.74 Å². The highest BCUT2D eigenvalue weighted by atomic mass is 19.1. The van der Waals surface area contributed by atoms with Gasteiger partial charge in [-0.25, -0.2) is 0 Å². The van der Waals surface area contributed by atoms with Crippen molar-refractivity contribution in [1.82, 2.24) is 0 Å². The summed E-state index contributed by atoms with van der Waals surface area (Å²) in [5.41, 5.74) is 0. The summed E-state index contributed by atoms with van der Waals surface area (Å²) in [6.45, 7) is 2.24. The lowest BCUT2D eigenvalue weighted by Gasteiger charge is -2.31. The van der Waals surface area contributed by atoms with Gasteiger partial charge in [0.2, 0.25) is 0 Å². The molecule has 26 heavy (non-hydrogen) atoms. The van der Waals surface area contributed by atoms with Crippen LogP contribution in [0.2, 0.25) is 0 Å². The third kappa shape index (κ3) is 7.09. The van der Waals surface area contributed by atoms with Crippen LogP contribution in [0.15, 0.2) is 11.9 Å². The van der Waals surface area contributed by atoms with Crippen LogP contribution in [0.4, 0.5) is 4.39 Å². The predicted molar refractivity (Wildman–Crippen MR) is 101 cm³/mol. The van der Waals surface area contributed by atoms with E-state index in [0.717, 1.165) is 50.9 Å². The van der Waals surface area contributed by atoms with Crippen LogP contribution < -0.4 is 0 Å². The summed E-state index contributed by atoms with van der Waals surface area (Å²) in [4.78, 5) is 12.5. The molecule has 0 atom stereocenters. The fourth-order valence-corrected chi connectivity index (χ4v) is 4.47. The third-order valence-electron chi connectivity index (χ3n) is 6.23. The van der Waals surface area contributed by atoms with E-state index < -0.39 is 5.83 Å². The van der Waals surface area contributed by atoms with Crippen LogP contribution >= 0.6 is 0 Å². The molecule has 0 aromatic carbocycles. The summed E-state index contributed by atoms with van der Waals surface area (Å²) >= 11 is 0. The van der Waals surface area contributed by atoms with Gasteiger partial charge in [-0.05, 0) is 82.1 Å². The SMILES string of the molecule is CCCCC1CCC(OC(=O)C2CCC(CCC=C(F)C#N)CC2)CC1. The molecule has 0 aromatic rings. The molecule has 2 aliphatic carbocycles. The van der Waals surface area contributed by atoms with E-state index in [2.05, 4.69) is 6.92 Å². The van der Waals surface area contributed by atoms with Gasteiger partial charge in [0.15, 0.2) is 5.83 Å². The largest absolute Gasteiger partial charge is 0.462 e. The van der Waals surface area contributed by atoms with Gasteiger partial charge in [-0.1, -0.05) is 26.2 Å². The monoisotopic (exact) mass is 363 g/mol. The molecule has 2 aliphatic rings. The Hall–Kier alpha value is -1.37. The zero-order valence-electron chi connectivity index (χ0n) is 16.2. The topological polar surface area (TPSA) is 50.1 Å². The maximum atomic E-state index is 12.8. The Labute approximate surface area is 158 Å². The standard InChI is InChI=1S/C22H34FNO2/c1-2-3-5-17-10-14-21(15-11-17)26-22(25)19-12-8-18(9-13-19)6-4-7-20(23)16-24/h7,17-19,21H,2-6,8-15H2,1H3. The molecule has 0 bridgehead atoms. The van der Waals surface area contributed by atoms with Crippen LogP contribution in [0.3, 0.4) is 0 Å². The highest BCUT2D eigenvalue weighted by Gasteiger charge is 2.30. The van der Waals surface area contributed by atoms with Crippen molar-refractivity contribution in [3.8, 4) is 6.07 Å². The lowest BCUT2D eigenvalue weighted by Crippen LogP contribution is -2.30. The van der Waals surface area contributed by atoms with E-state index >= 15 is 0 Å². The summed E-state index contributed by atoms with van der Waals surface area (Å²) in [6, 6.07) is 1.51. The van der Waals surface area contributed by atoms with Crippen LogP contribution in [-0.4, -0.2) is 12.1 Å². The highest BCUT2D eigenvalue weighted by Crippen LogP contribution is 2.34. The minimum atomic E-state index is -0.688. The lowest BCUT2D eigenvalue weighted by atomic mass is 9.80. The van der Waals surface area contributed by atoms with E-state index in [1.54, 1.807) is 0 Å². The van der Waals surface area contributed by atoms with Crippen molar-refractivity contribution in [3.05, 3.63) is 11.9 Å². The Bertz CT molecular complexity index is 495. The molecule has 0 aromatic heterocycles. The lowest BCUT2D eigenvalue weighted by molar-refractivity contribution is -0.157. The van der Waals surface area contributed by atoms with E-state index in [4.69, 9.17) is 10.00 Å². The summed E-state index contributed by atoms with van der Waals surface area (Å²) in [7, 11) is 0. The second-order valence-electron chi connectivity index (χ2n) is 8.18. The van der Waals surface area contributed by atoms with E-state index in [1.807, 2.05) is 0 Å². The first kappa shape index (κ1) is 20.9. The first-order valence-electron chi connectivity index (χ1n) is 10.6. The van der Waals surface area contributed by atoms with Gasteiger partial charge in [0.25, 0.3) is 0 Å².